The van der Waals surface area contributed by atoms with E-state index in [0.29, 0.717) is 6.61 Å². The molecule has 116 valence electrons. The van der Waals surface area contributed by atoms with Gasteiger partial charge in [0.25, 0.3) is 0 Å². The molecule has 1 unspecified atom stereocenters. The van der Waals surface area contributed by atoms with E-state index in [1.807, 2.05) is 0 Å². The van der Waals surface area contributed by atoms with E-state index in [9.17, 15) is 13.2 Å². The quantitative estimate of drug-likeness (QED) is 0.858. The maximum Gasteiger partial charge on any atom is 0.335 e. The summed E-state index contributed by atoms with van der Waals surface area (Å²) in [5, 5.41) is 8.90. The van der Waals surface area contributed by atoms with E-state index in [1.165, 1.54) is 12.1 Å². The third-order valence-electron chi connectivity index (χ3n) is 3.24. The van der Waals surface area contributed by atoms with Crippen molar-refractivity contribution in [2.75, 3.05) is 13.2 Å². The topological polar surface area (TPSA) is 92.7 Å². The van der Waals surface area contributed by atoms with E-state index in [-0.39, 0.29) is 28.1 Å². The Balaban J connectivity index is 2.14. The molecule has 1 heterocycles. The number of carboxylic acids is 1. The van der Waals surface area contributed by atoms with Crippen LogP contribution in [0.15, 0.2) is 23.1 Å². The molecule has 0 amide bonds. The Labute approximate surface area is 128 Å². The van der Waals surface area contributed by atoms with Crippen molar-refractivity contribution in [3.05, 3.63) is 28.8 Å². The Morgan fingerprint density at radius 3 is 2.81 bits per heavy atom. The molecular weight excluding hydrogens is 318 g/mol. The number of ether oxygens (including phenoxy) is 1. The van der Waals surface area contributed by atoms with Crippen LogP contribution in [0.1, 0.15) is 29.6 Å². The Morgan fingerprint density at radius 1 is 1.43 bits per heavy atom. The summed E-state index contributed by atoms with van der Waals surface area (Å²) in [7, 11) is -3.87. The Hall–Kier alpha value is -1.15. The molecule has 8 heteroatoms. The van der Waals surface area contributed by atoms with Gasteiger partial charge in [0.1, 0.15) is 4.90 Å². The fourth-order valence-corrected chi connectivity index (χ4v) is 3.68. The van der Waals surface area contributed by atoms with Gasteiger partial charge in [0.05, 0.1) is 16.7 Å². The maximum atomic E-state index is 12.2. The number of hydrogen-bond acceptors (Lipinski definition) is 4. The van der Waals surface area contributed by atoms with Crippen LogP contribution in [0.5, 0.6) is 0 Å². The highest BCUT2D eigenvalue weighted by atomic mass is 35.5. The minimum Gasteiger partial charge on any atom is -0.478 e. The molecule has 21 heavy (non-hydrogen) atoms. The second kappa shape index (κ2) is 6.74. The number of sulfonamides is 1. The first-order valence-corrected chi connectivity index (χ1v) is 8.40. The van der Waals surface area contributed by atoms with Crippen molar-refractivity contribution in [3.8, 4) is 0 Å². The molecule has 0 spiro atoms. The number of rotatable bonds is 5. The minimum absolute atomic E-state index is 0.0166. The summed E-state index contributed by atoms with van der Waals surface area (Å²) in [5.41, 5.74) is -0.131. The van der Waals surface area contributed by atoms with Crippen molar-refractivity contribution < 1.29 is 23.1 Å². The first kappa shape index (κ1) is 16.2. The van der Waals surface area contributed by atoms with Gasteiger partial charge in [-0.05, 0) is 37.5 Å². The van der Waals surface area contributed by atoms with Gasteiger partial charge in [0.2, 0.25) is 10.0 Å². The van der Waals surface area contributed by atoms with Crippen LogP contribution < -0.4 is 4.72 Å². The van der Waals surface area contributed by atoms with Crippen molar-refractivity contribution in [1.29, 1.82) is 0 Å². The van der Waals surface area contributed by atoms with Gasteiger partial charge in [0, 0.05) is 13.2 Å². The van der Waals surface area contributed by atoms with E-state index in [1.54, 1.807) is 0 Å². The number of benzene rings is 1. The lowest BCUT2D eigenvalue weighted by molar-refractivity contribution is 0.0200. The molecule has 0 radical (unpaired) electrons. The van der Waals surface area contributed by atoms with Crippen LogP contribution in [-0.4, -0.2) is 38.7 Å². The highest BCUT2D eigenvalue weighted by Crippen LogP contribution is 2.23. The molecule has 1 atom stereocenters. The molecule has 1 aromatic rings. The van der Waals surface area contributed by atoms with Crippen LogP contribution in [0.25, 0.3) is 0 Å². The maximum absolute atomic E-state index is 12.2. The summed E-state index contributed by atoms with van der Waals surface area (Å²) in [6.07, 6.45) is 2.62. The summed E-state index contributed by atoms with van der Waals surface area (Å²) in [4.78, 5) is 10.7. The monoisotopic (exact) mass is 333 g/mol. The fourth-order valence-electron chi connectivity index (χ4n) is 2.09. The smallest absolute Gasteiger partial charge is 0.335 e. The number of aromatic carboxylic acids is 1. The average Bonchev–Trinajstić information content (AvgIpc) is 2.46. The molecule has 6 nitrogen and oxygen atoms in total. The number of carbonyl (C=O) groups is 1. The molecule has 0 aromatic heterocycles. The predicted octanol–water partition coefficient (Wildman–Crippen LogP) is 1.89. The van der Waals surface area contributed by atoms with Crippen molar-refractivity contribution >= 4 is 27.6 Å². The molecule has 1 aliphatic rings. The second-order valence-electron chi connectivity index (χ2n) is 4.79. The third kappa shape index (κ3) is 4.16. The van der Waals surface area contributed by atoms with E-state index in [4.69, 9.17) is 21.4 Å². The van der Waals surface area contributed by atoms with Crippen molar-refractivity contribution in [3.63, 3.8) is 0 Å². The van der Waals surface area contributed by atoms with Crippen molar-refractivity contribution in [1.82, 2.24) is 4.72 Å². The molecule has 0 bridgehead atoms. The lowest BCUT2D eigenvalue weighted by Gasteiger charge is -2.22. The Bertz CT molecular complexity index is 625. The Morgan fingerprint density at radius 2 is 2.19 bits per heavy atom. The molecule has 1 saturated heterocycles. The molecule has 1 fully saturated rings. The summed E-state index contributed by atoms with van der Waals surface area (Å²) in [6.45, 7) is 0.775. The van der Waals surface area contributed by atoms with Gasteiger partial charge in [0.15, 0.2) is 0 Å². The summed E-state index contributed by atoms with van der Waals surface area (Å²) in [6, 6.07) is 3.57. The molecule has 0 saturated carbocycles. The SMILES string of the molecule is O=C(O)c1ccc(Cl)c(S(=O)(=O)NCC2CCCCO2)c1. The number of nitrogens with one attached hydrogen (secondary N) is 1. The zero-order valence-corrected chi connectivity index (χ0v) is 12.8. The second-order valence-corrected chi connectivity index (χ2v) is 6.93. The fraction of sp³-hybridized carbons (Fsp3) is 0.462. The van der Waals surface area contributed by atoms with Crippen LogP contribution in [0.4, 0.5) is 0 Å². The highest BCUT2D eigenvalue weighted by molar-refractivity contribution is 7.89. The molecule has 2 rings (SSSR count). The minimum atomic E-state index is -3.87. The molecular formula is C13H16ClNO5S. The number of carboxylic acid groups (broad SMARTS) is 1. The van der Waals surface area contributed by atoms with Gasteiger partial charge in [-0.3, -0.25) is 0 Å². The van der Waals surface area contributed by atoms with Gasteiger partial charge >= 0.3 is 5.97 Å². The van der Waals surface area contributed by atoms with E-state index in [0.717, 1.165) is 25.3 Å². The average molecular weight is 334 g/mol. The zero-order chi connectivity index (χ0) is 15.5. The van der Waals surface area contributed by atoms with Crippen LogP contribution in [0, 0.1) is 0 Å². The first-order chi connectivity index (χ1) is 9.90. The predicted molar refractivity (Wildman–Crippen MR) is 77.2 cm³/mol. The van der Waals surface area contributed by atoms with Crippen LogP contribution in [-0.2, 0) is 14.8 Å². The van der Waals surface area contributed by atoms with Gasteiger partial charge in [-0.15, -0.1) is 0 Å². The van der Waals surface area contributed by atoms with Crippen molar-refractivity contribution in [2.45, 2.75) is 30.3 Å². The number of halogens is 1. The summed E-state index contributed by atoms with van der Waals surface area (Å²) >= 11 is 5.86. The Kier molecular flexibility index (Phi) is 5.21. The third-order valence-corrected chi connectivity index (χ3v) is 5.15. The molecule has 1 aromatic carbocycles. The number of hydrogen-bond donors (Lipinski definition) is 2. The highest BCUT2D eigenvalue weighted by Gasteiger charge is 2.22. The van der Waals surface area contributed by atoms with Crippen molar-refractivity contribution in [2.24, 2.45) is 0 Å². The van der Waals surface area contributed by atoms with Gasteiger partial charge in [-0.1, -0.05) is 11.6 Å². The van der Waals surface area contributed by atoms with Gasteiger partial charge in [-0.2, -0.15) is 0 Å². The normalized spacial score (nSPS) is 19.4. The lowest BCUT2D eigenvalue weighted by atomic mass is 10.1. The van der Waals surface area contributed by atoms with Gasteiger partial charge in [-0.25, -0.2) is 17.9 Å². The van der Waals surface area contributed by atoms with E-state index < -0.39 is 16.0 Å². The lowest BCUT2D eigenvalue weighted by Crippen LogP contribution is -2.35. The first-order valence-electron chi connectivity index (χ1n) is 6.54. The summed E-state index contributed by atoms with van der Waals surface area (Å²) in [5.74, 6) is -1.21. The largest absolute Gasteiger partial charge is 0.478 e. The van der Waals surface area contributed by atoms with E-state index in [2.05, 4.69) is 4.72 Å². The molecule has 0 aliphatic carbocycles. The zero-order valence-electron chi connectivity index (χ0n) is 11.2. The standard InChI is InChI=1S/C13H16ClNO5S/c14-11-5-4-9(13(16)17)7-12(11)21(18,19)15-8-10-3-1-2-6-20-10/h4-5,7,10,15H,1-3,6,8H2,(H,16,17). The summed E-state index contributed by atoms with van der Waals surface area (Å²) < 4.78 is 32.3. The van der Waals surface area contributed by atoms with Crippen LogP contribution in [0.2, 0.25) is 5.02 Å². The van der Waals surface area contributed by atoms with Gasteiger partial charge < -0.3 is 9.84 Å². The van der Waals surface area contributed by atoms with Crippen LogP contribution in [0.3, 0.4) is 0 Å². The van der Waals surface area contributed by atoms with E-state index >= 15 is 0 Å². The van der Waals surface area contributed by atoms with Crippen LogP contribution >= 0.6 is 11.6 Å². The molecule has 2 N–H and O–H groups in total. The molecule has 1 aliphatic heterocycles.